The molecule has 1 aromatic heterocycles. The zero-order valence-electron chi connectivity index (χ0n) is 13.8. The van der Waals surface area contributed by atoms with E-state index in [1.165, 1.54) is 0 Å². The third-order valence-electron chi connectivity index (χ3n) is 4.79. The van der Waals surface area contributed by atoms with Crippen LogP contribution >= 0.6 is 0 Å². The number of piperidine rings is 1. The van der Waals surface area contributed by atoms with Crippen molar-refractivity contribution in [2.24, 2.45) is 5.41 Å². The molecule has 6 heteroatoms. The number of nitrogens with one attached hydrogen (secondary N) is 1. The average Bonchev–Trinajstić information content (AvgIpc) is 2.93. The Morgan fingerprint density at radius 3 is 2.91 bits per heavy atom. The summed E-state index contributed by atoms with van der Waals surface area (Å²) >= 11 is 0. The number of ether oxygens (including phenoxy) is 1. The number of aryl methyl sites for hydroxylation is 1. The Labute approximate surface area is 131 Å². The fourth-order valence-electron chi connectivity index (χ4n) is 3.25. The highest BCUT2D eigenvalue weighted by Gasteiger charge is 2.37. The third-order valence-corrected chi connectivity index (χ3v) is 4.79. The van der Waals surface area contributed by atoms with Crippen LogP contribution < -0.4 is 0 Å². The van der Waals surface area contributed by atoms with Gasteiger partial charge in [0.2, 0.25) is 0 Å². The highest BCUT2D eigenvalue weighted by Crippen LogP contribution is 2.33. The van der Waals surface area contributed by atoms with Crippen molar-refractivity contribution in [3.05, 3.63) is 17.0 Å². The number of aliphatic hydroxyl groups excluding tert-OH is 1. The van der Waals surface area contributed by atoms with Gasteiger partial charge in [0.25, 0.3) is 5.91 Å². The molecule has 124 valence electrons. The molecular formula is C16H27N3O3. The lowest BCUT2D eigenvalue weighted by molar-refractivity contribution is 0.00870. The lowest BCUT2D eigenvalue weighted by Gasteiger charge is -2.41. The Kier molecular flexibility index (Phi) is 5.58. The number of hydrogen-bond donors (Lipinski definition) is 2. The van der Waals surface area contributed by atoms with E-state index >= 15 is 0 Å². The van der Waals surface area contributed by atoms with Crippen LogP contribution in [0.15, 0.2) is 0 Å². The Hall–Kier alpha value is -1.40. The van der Waals surface area contributed by atoms with E-state index in [0.717, 1.165) is 43.5 Å². The maximum atomic E-state index is 12.8. The van der Waals surface area contributed by atoms with Gasteiger partial charge in [0.15, 0.2) is 5.69 Å². The molecule has 0 bridgehead atoms. The maximum absolute atomic E-state index is 12.8. The van der Waals surface area contributed by atoms with E-state index in [2.05, 4.69) is 10.2 Å². The number of aromatic amines is 1. The van der Waals surface area contributed by atoms with Crippen LogP contribution in [-0.2, 0) is 11.2 Å². The Morgan fingerprint density at radius 1 is 1.55 bits per heavy atom. The van der Waals surface area contributed by atoms with Crippen molar-refractivity contribution >= 4 is 5.91 Å². The number of aliphatic hydroxyl groups is 1. The van der Waals surface area contributed by atoms with Crippen molar-refractivity contribution in [1.29, 1.82) is 0 Å². The molecule has 2 heterocycles. The average molecular weight is 309 g/mol. The van der Waals surface area contributed by atoms with Crippen LogP contribution in [0.4, 0.5) is 0 Å². The number of carbonyl (C=O) groups excluding carboxylic acids is 1. The van der Waals surface area contributed by atoms with Crippen LogP contribution in [0.2, 0.25) is 0 Å². The van der Waals surface area contributed by atoms with Gasteiger partial charge in [0, 0.05) is 43.5 Å². The first kappa shape index (κ1) is 17.0. The zero-order valence-corrected chi connectivity index (χ0v) is 13.8. The van der Waals surface area contributed by atoms with Crippen LogP contribution in [0, 0.1) is 12.3 Å². The Morgan fingerprint density at radius 2 is 2.32 bits per heavy atom. The molecule has 1 aliphatic rings. The van der Waals surface area contributed by atoms with E-state index < -0.39 is 0 Å². The quantitative estimate of drug-likeness (QED) is 0.835. The number of H-pyrrole nitrogens is 1. The predicted molar refractivity (Wildman–Crippen MR) is 83.9 cm³/mol. The molecule has 6 nitrogen and oxygen atoms in total. The van der Waals surface area contributed by atoms with E-state index in [9.17, 15) is 9.90 Å². The van der Waals surface area contributed by atoms with Crippen molar-refractivity contribution < 1.29 is 14.6 Å². The first-order valence-electron chi connectivity index (χ1n) is 8.00. The van der Waals surface area contributed by atoms with Gasteiger partial charge >= 0.3 is 0 Å². The number of nitrogens with zero attached hydrogens (tertiary/aromatic N) is 2. The molecule has 22 heavy (non-hydrogen) atoms. The van der Waals surface area contributed by atoms with Crippen molar-refractivity contribution in [1.82, 2.24) is 15.1 Å². The summed E-state index contributed by atoms with van der Waals surface area (Å²) in [5, 5.41) is 17.0. The van der Waals surface area contributed by atoms with Crippen molar-refractivity contribution in [3.8, 4) is 0 Å². The predicted octanol–water partition coefficient (Wildman–Crippen LogP) is 1.53. The number of carbonyl (C=O) groups is 1. The number of aromatic nitrogens is 2. The zero-order chi connectivity index (χ0) is 16.2. The summed E-state index contributed by atoms with van der Waals surface area (Å²) in [6.45, 7) is 5.95. The lowest BCUT2D eigenvalue weighted by atomic mass is 9.78. The first-order chi connectivity index (χ1) is 10.6. The summed E-state index contributed by atoms with van der Waals surface area (Å²) < 4.78 is 5.16. The molecule has 1 aromatic rings. The summed E-state index contributed by atoms with van der Waals surface area (Å²) in [4.78, 5) is 14.6. The molecule has 1 unspecified atom stereocenters. The number of amides is 1. The molecule has 1 saturated heterocycles. The van der Waals surface area contributed by atoms with Gasteiger partial charge in [-0.2, -0.15) is 5.10 Å². The molecule has 1 aliphatic heterocycles. The van der Waals surface area contributed by atoms with Crippen LogP contribution in [-0.4, -0.2) is 59.5 Å². The molecule has 0 aromatic carbocycles. The van der Waals surface area contributed by atoms with Crippen LogP contribution in [0.3, 0.4) is 0 Å². The number of likely N-dealkylation sites (tertiary alicyclic amines) is 1. The largest absolute Gasteiger partial charge is 0.396 e. The highest BCUT2D eigenvalue weighted by molar-refractivity contribution is 5.94. The standard InChI is InChI=1S/C16H27N3O3/c1-4-13-12(2)14(18-17-13)15(21)19-8-5-6-16(10-19,11-20)7-9-22-3/h20H,4-11H2,1-3H3,(H,17,18). The van der Waals surface area contributed by atoms with Gasteiger partial charge in [-0.15, -0.1) is 0 Å². The van der Waals surface area contributed by atoms with Gasteiger partial charge in [0.05, 0.1) is 6.61 Å². The van der Waals surface area contributed by atoms with Gasteiger partial charge in [-0.05, 0) is 32.6 Å². The van der Waals surface area contributed by atoms with Crippen molar-refractivity contribution in [2.75, 3.05) is 33.4 Å². The fraction of sp³-hybridized carbons (Fsp3) is 0.750. The summed E-state index contributed by atoms with van der Waals surface area (Å²) in [6.07, 6.45) is 3.43. The molecule has 1 amide bonds. The summed E-state index contributed by atoms with van der Waals surface area (Å²) in [6, 6.07) is 0. The first-order valence-corrected chi connectivity index (χ1v) is 8.00. The second-order valence-electron chi connectivity index (χ2n) is 6.26. The van der Waals surface area contributed by atoms with E-state index in [1.54, 1.807) is 7.11 Å². The Bertz CT molecular complexity index is 515. The smallest absolute Gasteiger partial charge is 0.274 e. The van der Waals surface area contributed by atoms with E-state index in [4.69, 9.17) is 4.74 Å². The normalized spacial score (nSPS) is 22.1. The molecule has 0 saturated carbocycles. The topological polar surface area (TPSA) is 78.5 Å². The van der Waals surface area contributed by atoms with Gasteiger partial charge in [-0.25, -0.2) is 0 Å². The number of rotatable bonds is 6. The van der Waals surface area contributed by atoms with E-state index in [-0.39, 0.29) is 17.9 Å². The fourth-order valence-corrected chi connectivity index (χ4v) is 3.25. The van der Waals surface area contributed by atoms with Crippen molar-refractivity contribution in [3.63, 3.8) is 0 Å². The minimum absolute atomic E-state index is 0.0385. The molecule has 0 aliphatic carbocycles. The molecule has 1 fully saturated rings. The van der Waals surface area contributed by atoms with Gasteiger partial charge in [0.1, 0.15) is 0 Å². The summed E-state index contributed by atoms with van der Waals surface area (Å²) in [5.74, 6) is -0.0385. The lowest BCUT2D eigenvalue weighted by Crippen LogP contribution is -2.48. The van der Waals surface area contributed by atoms with Gasteiger partial charge in [-0.3, -0.25) is 9.89 Å². The van der Waals surface area contributed by atoms with Crippen LogP contribution in [0.5, 0.6) is 0 Å². The van der Waals surface area contributed by atoms with Gasteiger partial charge in [-0.1, -0.05) is 6.92 Å². The van der Waals surface area contributed by atoms with E-state index in [1.807, 2.05) is 18.7 Å². The molecule has 0 radical (unpaired) electrons. The Balaban J connectivity index is 2.13. The summed E-state index contributed by atoms with van der Waals surface area (Å²) in [5.41, 5.74) is 2.21. The number of methoxy groups -OCH3 is 1. The van der Waals surface area contributed by atoms with Crippen LogP contribution in [0.25, 0.3) is 0 Å². The maximum Gasteiger partial charge on any atom is 0.274 e. The summed E-state index contributed by atoms with van der Waals surface area (Å²) in [7, 11) is 1.66. The molecule has 2 rings (SSSR count). The van der Waals surface area contributed by atoms with Gasteiger partial charge < -0.3 is 14.7 Å². The minimum Gasteiger partial charge on any atom is -0.396 e. The second kappa shape index (κ2) is 7.24. The molecule has 1 atom stereocenters. The monoisotopic (exact) mass is 309 g/mol. The second-order valence-corrected chi connectivity index (χ2v) is 6.26. The SMILES string of the molecule is CCc1[nH]nc(C(=O)N2CCCC(CO)(CCOC)C2)c1C. The van der Waals surface area contributed by atoms with E-state index in [0.29, 0.717) is 18.8 Å². The minimum atomic E-state index is -0.248. The molecular weight excluding hydrogens is 282 g/mol. The number of hydrogen-bond acceptors (Lipinski definition) is 4. The van der Waals surface area contributed by atoms with Crippen molar-refractivity contribution in [2.45, 2.75) is 39.5 Å². The molecule has 2 N–H and O–H groups in total. The highest BCUT2D eigenvalue weighted by atomic mass is 16.5. The van der Waals surface area contributed by atoms with Crippen LogP contribution in [0.1, 0.15) is 47.9 Å². The third kappa shape index (κ3) is 3.33. The molecule has 0 spiro atoms.